The second-order valence-electron chi connectivity index (χ2n) is 9.49. The van der Waals surface area contributed by atoms with Gasteiger partial charge in [0, 0.05) is 18.6 Å². The number of halogens is 1. The molecule has 3 aliphatic rings. The van der Waals surface area contributed by atoms with E-state index in [1.807, 2.05) is 0 Å². The van der Waals surface area contributed by atoms with E-state index in [4.69, 9.17) is 4.74 Å². The van der Waals surface area contributed by atoms with Crippen molar-refractivity contribution in [3.8, 4) is 0 Å². The van der Waals surface area contributed by atoms with Crippen LogP contribution in [0.1, 0.15) is 86.7 Å². The average Bonchev–Trinajstić information content (AvgIpc) is 3.34. The van der Waals surface area contributed by atoms with Crippen LogP contribution < -0.4 is 0 Å². The molecule has 27 heavy (non-hydrogen) atoms. The first kappa shape index (κ1) is 18.9. The van der Waals surface area contributed by atoms with Gasteiger partial charge in [0.1, 0.15) is 11.4 Å². The van der Waals surface area contributed by atoms with Crippen molar-refractivity contribution in [2.45, 2.75) is 95.5 Å². The Hall–Kier alpha value is -1.46. The number of ether oxygens (including phenoxy) is 1. The zero-order chi connectivity index (χ0) is 19.3. The monoisotopic (exact) mass is 375 g/mol. The SMILES string of the molecule is CC(C)(C)OC(=O)c1cc(C2CC2)c(CN2[C@@H]3CC[C@H]2CC(O)C3)cc1F. The van der Waals surface area contributed by atoms with Crippen molar-refractivity contribution in [2.75, 3.05) is 0 Å². The Balaban J connectivity index is 1.60. The molecule has 2 heterocycles. The van der Waals surface area contributed by atoms with Crippen molar-refractivity contribution in [2.24, 2.45) is 0 Å². The molecule has 148 valence electrons. The molecule has 0 radical (unpaired) electrons. The van der Waals surface area contributed by atoms with Crippen LogP contribution in [0, 0.1) is 5.82 Å². The van der Waals surface area contributed by atoms with E-state index in [9.17, 15) is 14.3 Å². The van der Waals surface area contributed by atoms with Gasteiger partial charge in [0.2, 0.25) is 0 Å². The Kier molecular flexibility index (Phi) is 4.79. The van der Waals surface area contributed by atoms with Gasteiger partial charge in [0.05, 0.1) is 11.7 Å². The Morgan fingerprint density at radius 2 is 1.81 bits per heavy atom. The molecule has 1 aliphatic carbocycles. The largest absolute Gasteiger partial charge is 0.456 e. The highest BCUT2D eigenvalue weighted by Crippen LogP contribution is 2.44. The first-order valence-electron chi connectivity index (χ1n) is 10.2. The summed E-state index contributed by atoms with van der Waals surface area (Å²) in [6.07, 6.45) is 5.84. The number of piperidine rings is 1. The molecule has 0 spiro atoms. The minimum absolute atomic E-state index is 0.0487. The Labute approximate surface area is 160 Å². The van der Waals surface area contributed by atoms with Crippen LogP contribution in [0.15, 0.2) is 12.1 Å². The van der Waals surface area contributed by atoms with Crippen LogP contribution >= 0.6 is 0 Å². The van der Waals surface area contributed by atoms with E-state index in [1.54, 1.807) is 32.9 Å². The molecule has 2 aliphatic heterocycles. The van der Waals surface area contributed by atoms with E-state index in [-0.39, 0.29) is 11.7 Å². The zero-order valence-corrected chi connectivity index (χ0v) is 16.5. The van der Waals surface area contributed by atoms with Gasteiger partial charge in [-0.3, -0.25) is 4.90 Å². The van der Waals surface area contributed by atoms with Gasteiger partial charge in [0.15, 0.2) is 0 Å². The van der Waals surface area contributed by atoms with Crippen LogP contribution in [0.2, 0.25) is 0 Å². The van der Waals surface area contributed by atoms with Crippen molar-refractivity contribution in [1.82, 2.24) is 4.90 Å². The van der Waals surface area contributed by atoms with Gasteiger partial charge >= 0.3 is 5.97 Å². The van der Waals surface area contributed by atoms with Crippen LogP contribution in [-0.4, -0.2) is 39.8 Å². The van der Waals surface area contributed by atoms with Crippen molar-refractivity contribution in [3.63, 3.8) is 0 Å². The van der Waals surface area contributed by atoms with Gasteiger partial charge in [0.25, 0.3) is 0 Å². The summed E-state index contributed by atoms with van der Waals surface area (Å²) in [6.45, 7) is 6.08. The predicted octanol–water partition coefficient (Wildman–Crippen LogP) is 4.15. The second-order valence-corrected chi connectivity index (χ2v) is 9.49. The third-order valence-electron chi connectivity index (χ3n) is 6.08. The Morgan fingerprint density at radius 1 is 1.19 bits per heavy atom. The van der Waals surface area contributed by atoms with E-state index in [2.05, 4.69) is 4.90 Å². The van der Waals surface area contributed by atoms with E-state index in [0.717, 1.165) is 49.7 Å². The second kappa shape index (κ2) is 6.85. The van der Waals surface area contributed by atoms with Crippen molar-refractivity contribution in [1.29, 1.82) is 0 Å². The molecule has 3 fully saturated rings. The lowest BCUT2D eigenvalue weighted by Crippen LogP contribution is -2.44. The minimum atomic E-state index is -0.643. The first-order chi connectivity index (χ1) is 12.7. The van der Waals surface area contributed by atoms with Gasteiger partial charge in [-0.25, -0.2) is 9.18 Å². The van der Waals surface area contributed by atoms with Gasteiger partial charge in [-0.1, -0.05) is 0 Å². The highest BCUT2D eigenvalue weighted by molar-refractivity contribution is 5.90. The van der Waals surface area contributed by atoms with Crippen LogP contribution in [0.3, 0.4) is 0 Å². The highest BCUT2D eigenvalue weighted by Gasteiger charge is 2.41. The molecule has 2 bridgehead atoms. The van der Waals surface area contributed by atoms with E-state index < -0.39 is 17.4 Å². The molecule has 1 unspecified atom stereocenters. The van der Waals surface area contributed by atoms with Crippen LogP contribution in [-0.2, 0) is 11.3 Å². The van der Waals surface area contributed by atoms with E-state index >= 15 is 0 Å². The lowest BCUT2D eigenvalue weighted by Gasteiger charge is -2.37. The number of hydrogen-bond acceptors (Lipinski definition) is 4. The number of rotatable bonds is 4. The van der Waals surface area contributed by atoms with Crippen LogP contribution in [0.5, 0.6) is 0 Å². The predicted molar refractivity (Wildman–Crippen MR) is 101 cm³/mol. The van der Waals surface area contributed by atoms with Gasteiger partial charge < -0.3 is 9.84 Å². The molecule has 0 aromatic heterocycles. The topological polar surface area (TPSA) is 49.8 Å². The van der Waals surface area contributed by atoms with Gasteiger partial charge in [-0.15, -0.1) is 0 Å². The van der Waals surface area contributed by atoms with Crippen LogP contribution in [0.4, 0.5) is 4.39 Å². The Morgan fingerprint density at radius 3 is 2.37 bits per heavy atom. The molecule has 3 atom stereocenters. The summed E-state index contributed by atoms with van der Waals surface area (Å²) >= 11 is 0. The lowest BCUT2D eigenvalue weighted by atomic mass is 9.95. The average molecular weight is 375 g/mol. The number of esters is 1. The number of aliphatic hydroxyl groups excluding tert-OH is 1. The molecule has 1 saturated carbocycles. The zero-order valence-electron chi connectivity index (χ0n) is 16.5. The number of fused-ring (bicyclic) bond motifs is 2. The number of carbonyl (C=O) groups excluding carboxylic acids is 1. The third-order valence-corrected chi connectivity index (χ3v) is 6.08. The molecule has 0 amide bonds. The summed E-state index contributed by atoms with van der Waals surface area (Å²) in [6, 6.07) is 4.06. The summed E-state index contributed by atoms with van der Waals surface area (Å²) in [5.41, 5.74) is 1.50. The maximum absolute atomic E-state index is 14.8. The fourth-order valence-corrected chi connectivity index (χ4v) is 4.73. The third kappa shape index (κ3) is 4.04. The quantitative estimate of drug-likeness (QED) is 0.804. The van der Waals surface area contributed by atoms with Crippen molar-refractivity contribution in [3.05, 3.63) is 34.6 Å². The fourth-order valence-electron chi connectivity index (χ4n) is 4.73. The summed E-state index contributed by atoms with van der Waals surface area (Å²) in [7, 11) is 0. The molecule has 5 heteroatoms. The summed E-state index contributed by atoms with van der Waals surface area (Å²) < 4.78 is 20.2. The fraction of sp³-hybridized carbons (Fsp3) is 0.682. The number of hydrogen-bond donors (Lipinski definition) is 1. The van der Waals surface area contributed by atoms with Gasteiger partial charge in [-0.05, 0) is 88.5 Å². The summed E-state index contributed by atoms with van der Waals surface area (Å²) in [5, 5.41) is 10.0. The van der Waals surface area contributed by atoms with E-state index in [1.165, 1.54) is 0 Å². The summed E-state index contributed by atoms with van der Waals surface area (Å²) in [4.78, 5) is 14.9. The molecule has 1 N–H and O–H groups in total. The molecule has 4 rings (SSSR count). The van der Waals surface area contributed by atoms with Crippen LogP contribution in [0.25, 0.3) is 0 Å². The normalized spacial score (nSPS) is 28.4. The molecular formula is C22H30FNO3. The number of carbonyl (C=O) groups is 1. The highest BCUT2D eigenvalue weighted by atomic mass is 19.1. The summed E-state index contributed by atoms with van der Waals surface area (Å²) in [5.74, 6) is -0.655. The number of benzene rings is 1. The molecule has 2 saturated heterocycles. The molecule has 1 aromatic carbocycles. The van der Waals surface area contributed by atoms with Gasteiger partial charge in [-0.2, -0.15) is 0 Å². The first-order valence-corrected chi connectivity index (χ1v) is 10.2. The number of aliphatic hydroxyl groups is 1. The molecule has 1 aromatic rings. The minimum Gasteiger partial charge on any atom is -0.456 e. The Bertz CT molecular complexity index is 724. The van der Waals surface area contributed by atoms with E-state index in [0.29, 0.717) is 24.5 Å². The van der Waals surface area contributed by atoms with Crippen molar-refractivity contribution < 1.29 is 19.0 Å². The lowest BCUT2D eigenvalue weighted by molar-refractivity contribution is 0.00639. The maximum atomic E-state index is 14.8. The molecule has 4 nitrogen and oxygen atoms in total. The smallest absolute Gasteiger partial charge is 0.341 e. The number of nitrogens with zero attached hydrogens (tertiary/aromatic N) is 1. The molecular weight excluding hydrogens is 345 g/mol. The standard InChI is InChI=1S/C22H30FNO3/c1-22(2,3)27-21(26)19-11-18(13-4-5-13)14(8-20(19)23)12-24-15-6-7-16(24)10-17(25)9-15/h8,11,13,15-17,25H,4-7,9-10,12H2,1-3H3/t15-,16+,17?. The van der Waals surface area contributed by atoms with Crippen molar-refractivity contribution >= 4 is 5.97 Å². The maximum Gasteiger partial charge on any atom is 0.341 e.